The normalized spacial score (nSPS) is 11.3. The van der Waals surface area contributed by atoms with Gasteiger partial charge in [0.1, 0.15) is 11.4 Å². The molecule has 0 aliphatic carbocycles. The fourth-order valence-electron chi connectivity index (χ4n) is 2.11. The first-order valence-electron chi connectivity index (χ1n) is 7.60. The standard InChI is InChI=1S/C17H24N4O2/c1-17(2,3)23-16(22)20-15-14(12-19-21(15)4)11-18-10-13-8-6-5-7-9-13/h5-9,12,18H,10-11H2,1-4H3,(H,20,22). The van der Waals surface area contributed by atoms with Crippen molar-refractivity contribution < 1.29 is 9.53 Å². The van der Waals surface area contributed by atoms with E-state index in [0.717, 1.165) is 12.1 Å². The highest BCUT2D eigenvalue weighted by atomic mass is 16.6. The summed E-state index contributed by atoms with van der Waals surface area (Å²) in [5.74, 6) is 0.639. The van der Waals surface area contributed by atoms with Crippen LogP contribution < -0.4 is 10.6 Å². The molecule has 0 saturated heterocycles. The molecule has 0 bridgehead atoms. The predicted octanol–water partition coefficient (Wildman–Crippen LogP) is 3.06. The summed E-state index contributed by atoms with van der Waals surface area (Å²) in [4.78, 5) is 11.9. The number of aromatic nitrogens is 2. The van der Waals surface area contributed by atoms with Gasteiger partial charge in [0, 0.05) is 25.7 Å². The zero-order valence-electron chi connectivity index (χ0n) is 14.1. The molecule has 0 unspecified atom stereocenters. The largest absolute Gasteiger partial charge is 0.444 e. The number of amides is 1. The lowest BCUT2D eigenvalue weighted by atomic mass is 10.2. The van der Waals surface area contributed by atoms with Gasteiger partial charge in [-0.25, -0.2) is 4.79 Å². The quantitative estimate of drug-likeness (QED) is 0.889. The lowest BCUT2D eigenvalue weighted by Crippen LogP contribution is -2.28. The van der Waals surface area contributed by atoms with Crippen molar-refractivity contribution in [2.24, 2.45) is 7.05 Å². The summed E-state index contributed by atoms with van der Waals surface area (Å²) in [7, 11) is 1.79. The van der Waals surface area contributed by atoms with E-state index in [2.05, 4.69) is 27.9 Å². The van der Waals surface area contributed by atoms with Crippen LogP contribution in [0.2, 0.25) is 0 Å². The molecule has 2 aromatic rings. The van der Waals surface area contributed by atoms with E-state index in [1.54, 1.807) is 17.9 Å². The third kappa shape index (κ3) is 5.41. The minimum Gasteiger partial charge on any atom is -0.444 e. The summed E-state index contributed by atoms with van der Waals surface area (Å²) >= 11 is 0. The number of benzene rings is 1. The van der Waals surface area contributed by atoms with Crippen molar-refractivity contribution in [2.45, 2.75) is 39.5 Å². The van der Waals surface area contributed by atoms with Gasteiger partial charge in [0.15, 0.2) is 0 Å². The third-order valence-electron chi connectivity index (χ3n) is 3.12. The number of hydrogen-bond acceptors (Lipinski definition) is 4. The number of carbonyl (C=O) groups is 1. The molecule has 124 valence electrons. The second-order valence-electron chi connectivity index (χ2n) is 6.36. The van der Waals surface area contributed by atoms with Crippen LogP contribution in [-0.4, -0.2) is 21.5 Å². The maximum Gasteiger partial charge on any atom is 0.413 e. The van der Waals surface area contributed by atoms with Crippen molar-refractivity contribution in [2.75, 3.05) is 5.32 Å². The highest BCUT2D eigenvalue weighted by molar-refractivity contribution is 5.84. The minimum absolute atomic E-state index is 0.481. The van der Waals surface area contributed by atoms with E-state index in [1.807, 2.05) is 39.0 Å². The highest BCUT2D eigenvalue weighted by Gasteiger charge is 2.18. The Labute approximate surface area is 136 Å². The van der Waals surface area contributed by atoms with Crippen molar-refractivity contribution in [1.29, 1.82) is 0 Å². The fourth-order valence-corrected chi connectivity index (χ4v) is 2.11. The molecule has 0 saturated carbocycles. The van der Waals surface area contributed by atoms with Gasteiger partial charge < -0.3 is 10.1 Å². The molecule has 23 heavy (non-hydrogen) atoms. The molecule has 2 rings (SSSR count). The average molecular weight is 316 g/mol. The van der Waals surface area contributed by atoms with Crippen LogP contribution in [0.3, 0.4) is 0 Å². The summed E-state index contributed by atoms with van der Waals surface area (Å²) < 4.78 is 6.91. The Kier molecular flexibility index (Phi) is 5.39. The van der Waals surface area contributed by atoms with E-state index in [-0.39, 0.29) is 0 Å². The molecule has 0 spiro atoms. The second-order valence-corrected chi connectivity index (χ2v) is 6.36. The Hall–Kier alpha value is -2.34. The van der Waals surface area contributed by atoms with Gasteiger partial charge in [-0.1, -0.05) is 30.3 Å². The molecular formula is C17H24N4O2. The zero-order valence-corrected chi connectivity index (χ0v) is 14.1. The Bertz CT molecular complexity index is 644. The number of nitrogens with one attached hydrogen (secondary N) is 2. The summed E-state index contributed by atoms with van der Waals surface area (Å²) in [5, 5.41) is 10.3. The first kappa shape index (κ1) is 17.0. The molecule has 0 atom stereocenters. The van der Waals surface area contributed by atoms with E-state index in [0.29, 0.717) is 12.4 Å². The second kappa shape index (κ2) is 7.28. The fraction of sp³-hybridized carbons (Fsp3) is 0.412. The molecule has 0 radical (unpaired) electrons. The molecular weight excluding hydrogens is 292 g/mol. The predicted molar refractivity (Wildman–Crippen MR) is 90.1 cm³/mol. The van der Waals surface area contributed by atoms with E-state index < -0.39 is 11.7 Å². The number of rotatable bonds is 5. The Morgan fingerprint density at radius 3 is 2.57 bits per heavy atom. The van der Waals surface area contributed by atoms with E-state index in [4.69, 9.17) is 4.74 Å². The average Bonchev–Trinajstić information content (AvgIpc) is 2.79. The summed E-state index contributed by atoms with van der Waals surface area (Å²) in [6, 6.07) is 10.1. The van der Waals surface area contributed by atoms with Crippen LogP contribution in [0.4, 0.5) is 10.6 Å². The molecule has 0 aliphatic rings. The van der Waals surface area contributed by atoms with Crippen molar-refractivity contribution in [3.8, 4) is 0 Å². The number of ether oxygens (including phenoxy) is 1. The molecule has 6 heteroatoms. The van der Waals surface area contributed by atoms with Gasteiger partial charge in [0.05, 0.1) is 6.20 Å². The number of aryl methyl sites for hydroxylation is 1. The van der Waals surface area contributed by atoms with Gasteiger partial charge >= 0.3 is 6.09 Å². The van der Waals surface area contributed by atoms with Crippen molar-refractivity contribution in [3.05, 3.63) is 47.7 Å². The first-order chi connectivity index (χ1) is 10.8. The Morgan fingerprint density at radius 1 is 1.22 bits per heavy atom. The molecule has 1 aromatic heterocycles. The van der Waals surface area contributed by atoms with Gasteiger partial charge in [-0.3, -0.25) is 10.00 Å². The molecule has 0 aliphatic heterocycles. The Balaban J connectivity index is 1.94. The summed E-state index contributed by atoms with van der Waals surface area (Å²) in [6.07, 6.45) is 1.26. The molecule has 2 N–H and O–H groups in total. The van der Waals surface area contributed by atoms with Gasteiger partial charge in [-0.05, 0) is 26.3 Å². The van der Waals surface area contributed by atoms with E-state index in [9.17, 15) is 4.79 Å². The van der Waals surface area contributed by atoms with Crippen molar-refractivity contribution >= 4 is 11.9 Å². The first-order valence-corrected chi connectivity index (χ1v) is 7.60. The van der Waals surface area contributed by atoms with Crippen LogP contribution in [0.25, 0.3) is 0 Å². The molecule has 1 heterocycles. The summed E-state index contributed by atoms with van der Waals surface area (Å²) in [5.41, 5.74) is 1.58. The zero-order chi connectivity index (χ0) is 16.9. The molecule has 1 aromatic carbocycles. The van der Waals surface area contributed by atoms with Crippen LogP contribution in [0.1, 0.15) is 31.9 Å². The van der Waals surface area contributed by atoms with Gasteiger partial charge in [-0.2, -0.15) is 5.10 Å². The van der Waals surface area contributed by atoms with Crippen LogP contribution in [0.15, 0.2) is 36.5 Å². The monoisotopic (exact) mass is 316 g/mol. The van der Waals surface area contributed by atoms with Crippen LogP contribution in [-0.2, 0) is 24.9 Å². The van der Waals surface area contributed by atoms with E-state index in [1.165, 1.54) is 5.56 Å². The smallest absolute Gasteiger partial charge is 0.413 e. The number of nitrogens with zero attached hydrogens (tertiary/aromatic N) is 2. The highest BCUT2D eigenvalue weighted by Crippen LogP contribution is 2.16. The number of carbonyl (C=O) groups excluding carboxylic acids is 1. The molecule has 0 fully saturated rings. The van der Waals surface area contributed by atoms with Crippen molar-refractivity contribution in [3.63, 3.8) is 0 Å². The third-order valence-corrected chi connectivity index (χ3v) is 3.12. The maximum absolute atomic E-state index is 11.9. The minimum atomic E-state index is -0.533. The van der Waals surface area contributed by atoms with Crippen LogP contribution in [0.5, 0.6) is 0 Å². The van der Waals surface area contributed by atoms with Gasteiger partial charge in [-0.15, -0.1) is 0 Å². The van der Waals surface area contributed by atoms with E-state index >= 15 is 0 Å². The summed E-state index contributed by atoms with van der Waals surface area (Å²) in [6.45, 7) is 6.85. The lowest BCUT2D eigenvalue weighted by Gasteiger charge is -2.20. The van der Waals surface area contributed by atoms with Crippen LogP contribution in [0, 0.1) is 0 Å². The van der Waals surface area contributed by atoms with Gasteiger partial charge in [0.2, 0.25) is 0 Å². The molecule has 1 amide bonds. The number of hydrogen-bond donors (Lipinski definition) is 2. The Morgan fingerprint density at radius 2 is 1.91 bits per heavy atom. The van der Waals surface area contributed by atoms with Gasteiger partial charge in [0.25, 0.3) is 0 Å². The lowest BCUT2D eigenvalue weighted by molar-refractivity contribution is 0.0634. The van der Waals surface area contributed by atoms with Crippen molar-refractivity contribution in [1.82, 2.24) is 15.1 Å². The molecule has 6 nitrogen and oxygen atoms in total. The van der Waals surface area contributed by atoms with Crippen LogP contribution >= 0.6 is 0 Å². The topological polar surface area (TPSA) is 68.2 Å². The number of anilines is 1. The SMILES string of the molecule is Cn1ncc(CNCc2ccccc2)c1NC(=O)OC(C)(C)C. The maximum atomic E-state index is 11.9.